The van der Waals surface area contributed by atoms with Gasteiger partial charge in [-0.2, -0.15) is 5.26 Å². The second-order valence-corrected chi connectivity index (χ2v) is 9.88. The Kier molecular flexibility index (Phi) is 5.71. The fraction of sp³-hybridized carbons (Fsp3) is 0.292. The number of hydrogen-bond donors (Lipinski definition) is 1. The molecule has 0 spiro atoms. The highest BCUT2D eigenvalue weighted by atomic mass is 35.5. The number of aromatic nitrogens is 3. The minimum absolute atomic E-state index is 0.145. The van der Waals surface area contributed by atoms with E-state index in [9.17, 15) is 4.79 Å². The standard InChI is InChI=1S/C24H22ClN5O3S/c1-13-22(14(2)33-28-13)17-9-18-16(10-20(17)32-3)23-19(11-27-18)29(8-4-7-26)24(31)30(23)12-15-5-6-21(25)34-15/h5-6,9-10,27H,4,8,11-12H2,1-3H3. The summed E-state index contributed by atoms with van der Waals surface area (Å²) in [5.74, 6) is 1.37. The lowest BCUT2D eigenvalue weighted by Gasteiger charge is -2.23. The van der Waals surface area contributed by atoms with Crippen molar-refractivity contribution in [2.24, 2.45) is 0 Å². The Hall–Kier alpha value is -3.48. The molecule has 0 bridgehead atoms. The zero-order valence-corrected chi connectivity index (χ0v) is 20.5. The van der Waals surface area contributed by atoms with E-state index < -0.39 is 0 Å². The molecule has 0 fully saturated rings. The van der Waals surface area contributed by atoms with E-state index in [4.69, 9.17) is 26.1 Å². The number of nitriles is 1. The fourth-order valence-corrected chi connectivity index (χ4v) is 5.66. The molecule has 4 aromatic rings. The first-order chi connectivity index (χ1) is 16.4. The van der Waals surface area contributed by atoms with Gasteiger partial charge in [0.05, 0.1) is 59.7 Å². The number of thiophene rings is 1. The number of nitrogens with zero attached hydrogens (tertiary/aromatic N) is 4. The summed E-state index contributed by atoms with van der Waals surface area (Å²) < 4.78 is 15.3. The van der Waals surface area contributed by atoms with E-state index in [-0.39, 0.29) is 12.1 Å². The van der Waals surface area contributed by atoms with Crippen LogP contribution in [-0.2, 0) is 19.6 Å². The van der Waals surface area contributed by atoms with Crippen molar-refractivity contribution in [1.82, 2.24) is 14.3 Å². The molecule has 1 aromatic carbocycles. The fourth-order valence-electron chi connectivity index (χ4n) is 4.58. The minimum atomic E-state index is -0.145. The van der Waals surface area contributed by atoms with E-state index in [0.717, 1.165) is 44.3 Å². The molecule has 10 heteroatoms. The molecule has 3 aromatic heterocycles. The number of rotatable bonds is 6. The van der Waals surface area contributed by atoms with Crippen molar-refractivity contribution >= 4 is 28.6 Å². The summed E-state index contributed by atoms with van der Waals surface area (Å²) in [6.07, 6.45) is 0.252. The van der Waals surface area contributed by atoms with Gasteiger partial charge in [-0.05, 0) is 38.1 Å². The number of hydrogen-bond acceptors (Lipinski definition) is 7. The Morgan fingerprint density at radius 3 is 2.76 bits per heavy atom. The third-order valence-electron chi connectivity index (χ3n) is 6.06. The number of fused-ring (bicyclic) bond motifs is 3. The number of methoxy groups -OCH3 is 1. The van der Waals surface area contributed by atoms with Gasteiger partial charge in [-0.25, -0.2) is 4.79 Å². The van der Waals surface area contributed by atoms with Gasteiger partial charge in [0.2, 0.25) is 0 Å². The van der Waals surface area contributed by atoms with Gasteiger partial charge in [0.15, 0.2) is 0 Å². The summed E-state index contributed by atoms with van der Waals surface area (Å²) in [4.78, 5) is 14.5. The normalized spacial score (nSPS) is 12.1. The van der Waals surface area contributed by atoms with Crippen LogP contribution in [0.5, 0.6) is 5.75 Å². The average Bonchev–Trinajstić information content (AvgIpc) is 3.47. The highest BCUT2D eigenvalue weighted by Gasteiger charge is 2.29. The maximum absolute atomic E-state index is 13.5. The van der Waals surface area contributed by atoms with Crippen molar-refractivity contribution in [3.8, 4) is 34.2 Å². The zero-order chi connectivity index (χ0) is 24.0. The first-order valence-corrected chi connectivity index (χ1v) is 11.9. The van der Waals surface area contributed by atoms with E-state index in [1.54, 1.807) is 16.2 Å². The minimum Gasteiger partial charge on any atom is -0.496 e. The lowest BCUT2D eigenvalue weighted by Crippen LogP contribution is -2.25. The van der Waals surface area contributed by atoms with Crippen LogP contribution in [-0.4, -0.2) is 21.4 Å². The lowest BCUT2D eigenvalue weighted by atomic mass is 9.95. The molecule has 0 radical (unpaired) electrons. The van der Waals surface area contributed by atoms with Gasteiger partial charge in [-0.15, -0.1) is 11.3 Å². The van der Waals surface area contributed by atoms with Crippen LogP contribution in [0.3, 0.4) is 0 Å². The van der Waals surface area contributed by atoms with E-state index in [1.165, 1.54) is 11.3 Å². The summed E-state index contributed by atoms with van der Waals surface area (Å²) in [7, 11) is 1.62. The highest BCUT2D eigenvalue weighted by molar-refractivity contribution is 7.16. The van der Waals surface area contributed by atoms with Crippen LogP contribution in [0.4, 0.5) is 5.69 Å². The van der Waals surface area contributed by atoms with Gasteiger partial charge in [-0.3, -0.25) is 9.13 Å². The molecular weight excluding hydrogens is 474 g/mol. The van der Waals surface area contributed by atoms with Crippen molar-refractivity contribution in [2.45, 2.75) is 39.9 Å². The maximum atomic E-state index is 13.5. The van der Waals surface area contributed by atoms with Crippen LogP contribution in [0, 0.1) is 25.2 Å². The predicted molar refractivity (Wildman–Crippen MR) is 132 cm³/mol. The van der Waals surface area contributed by atoms with Crippen LogP contribution in [0.15, 0.2) is 33.6 Å². The third kappa shape index (κ3) is 3.59. The van der Waals surface area contributed by atoms with E-state index in [1.807, 2.05) is 38.1 Å². The first-order valence-electron chi connectivity index (χ1n) is 10.8. The molecule has 0 atom stereocenters. The highest BCUT2D eigenvalue weighted by Crippen LogP contribution is 2.44. The molecule has 0 unspecified atom stereocenters. The quantitative estimate of drug-likeness (QED) is 0.395. The van der Waals surface area contributed by atoms with Gasteiger partial charge in [-0.1, -0.05) is 16.8 Å². The summed E-state index contributed by atoms with van der Waals surface area (Å²) in [5, 5.41) is 16.7. The number of benzene rings is 1. The predicted octanol–water partition coefficient (Wildman–Crippen LogP) is 5.20. The molecule has 0 aliphatic carbocycles. The molecule has 0 saturated carbocycles. The van der Waals surface area contributed by atoms with Gasteiger partial charge in [0.1, 0.15) is 11.5 Å². The molecule has 174 valence electrons. The number of nitrogens with one attached hydrogen (secondary N) is 1. The van der Waals surface area contributed by atoms with Crippen LogP contribution in [0.1, 0.15) is 28.4 Å². The number of ether oxygens (including phenoxy) is 1. The molecule has 8 nitrogen and oxygen atoms in total. The molecular formula is C24H22ClN5O3S. The Balaban J connectivity index is 1.72. The second kappa shape index (κ2) is 8.70. The Morgan fingerprint density at radius 1 is 1.29 bits per heavy atom. The van der Waals surface area contributed by atoms with E-state index in [0.29, 0.717) is 35.5 Å². The van der Waals surface area contributed by atoms with Gasteiger partial charge >= 0.3 is 5.69 Å². The molecule has 5 rings (SSSR count). The average molecular weight is 496 g/mol. The second-order valence-electron chi connectivity index (χ2n) is 8.08. The molecule has 34 heavy (non-hydrogen) atoms. The number of anilines is 1. The third-order valence-corrected chi connectivity index (χ3v) is 7.28. The van der Waals surface area contributed by atoms with Crippen LogP contribution >= 0.6 is 22.9 Å². The van der Waals surface area contributed by atoms with Crippen molar-refractivity contribution in [3.05, 3.63) is 61.1 Å². The van der Waals surface area contributed by atoms with Crippen molar-refractivity contribution in [3.63, 3.8) is 0 Å². The van der Waals surface area contributed by atoms with Gasteiger partial charge in [0, 0.05) is 28.2 Å². The summed E-state index contributed by atoms with van der Waals surface area (Å²) in [6, 6.07) is 9.88. The summed E-state index contributed by atoms with van der Waals surface area (Å²) >= 11 is 7.59. The van der Waals surface area contributed by atoms with Gasteiger partial charge < -0.3 is 14.6 Å². The van der Waals surface area contributed by atoms with E-state index in [2.05, 4.69) is 16.5 Å². The topological polar surface area (TPSA) is 98.0 Å². The monoisotopic (exact) mass is 495 g/mol. The summed E-state index contributed by atoms with van der Waals surface area (Å²) in [5.41, 5.74) is 5.82. The Bertz CT molecular complexity index is 1480. The van der Waals surface area contributed by atoms with Crippen LogP contribution in [0.25, 0.3) is 22.4 Å². The SMILES string of the molecule is COc1cc2c(cc1-c1c(C)noc1C)NCc1c-2n(Cc2ccc(Cl)s2)c(=O)n1CCC#N. The maximum Gasteiger partial charge on any atom is 0.329 e. The van der Waals surface area contributed by atoms with Crippen molar-refractivity contribution in [2.75, 3.05) is 12.4 Å². The Morgan fingerprint density at radius 2 is 2.12 bits per heavy atom. The van der Waals surface area contributed by atoms with Crippen LogP contribution in [0.2, 0.25) is 4.34 Å². The molecule has 1 N–H and O–H groups in total. The summed E-state index contributed by atoms with van der Waals surface area (Å²) in [6.45, 7) is 4.97. The molecule has 4 heterocycles. The smallest absolute Gasteiger partial charge is 0.329 e. The Labute approximate surface area is 204 Å². The van der Waals surface area contributed by atoms with E-state index >= 15 is 0 Å². The van der Waals surface area contributed by atoms with Crippen molar-refractivity contribution < 1.29 is 9.26 Å². The molecule has 0 saturated heterocycles. The lowest BCUT2D eigenvalue weighted by molar-refractivity contribution is 0.393. The number of imidazole rings is 1. The molecule has 1 aliphatic heterocycles. The number of halogens is 1. The molecule has 1 aliphatic rings. The van der Waals surface area contributed by atoms with Crippen molar-refractivity contribution in [1.29, 1.82) is 5.26 Å². The zero-order valence-electron chi connectivity index (χ0n) is 18.9. The number of aryl methyl sites for hydroxylation is 2. The van der Waals surface area contributed by atoms with Crippen LogP contribution < -0.4 is 15.7 Å². The van der Waals surface area contributed by atoms with Gasteiger partial charge in [0.25, 0.3) is 0 Å². The molecule has 0 amide bonds. The largest absolute Gasteiger partial charge is 0.496 e. The first kappa shape index (κ1) is 22.3.